The van der Waals surface area contributed by atoms with Crippen molar-refractivity contribution in [2.24, 2.45) is 0 Å². The summed E-state index contributed by atoms with van der Waals surface area (Å²) in [5, 5.41) is 2.73. The number of carbonyl (C=O) groups is 1. The van der Waals surface area contributed by atoms with Gasteiger partial charge in [0, 0.05) is 13.6 Å². The predicted molar refractivity (Wildman–Crippen MR) is 89.1 cm³/mol. The molecule has 7 heteroatoms. The van der Waals surface area contributed by atoms with Gasteiger partial charge in [-0.2, -0.15) is 0 Å². The van der Waals surface area contributed by atoms with Gasteiger partial charge in [-0.15, -0.1) is 0 Å². The fourth-order valence-electron chi connectivity index (χ4n) is 2.52. The quantitative estimate of drug-likeness (QED) is 0.907. The standard InChI is InChI=1S/C16H17N3O3S/c1-11-6-8-13(9-7-11)23(21,22)18-14-5-3-4-12-10-17-16(20)19(2)15(12)14/h3-9,18H,10H2,1-2H3,(H,17,20). The van der Waals surface area contributed by atoms with Crippen molar-refractivity contribution in [2.75, 3.05) is 16.7 Å². The van der Waals surface area contributed by atoms with Crippen LogP contribution in [0.3, 0.4) is 0 Å². The highest BCUT2D eigenvalue weighted by molar-refractivity contribution is 7.92. The SMILES string of the molecule is Cc1ccc(S(=O)(=O)Nc2cccc3c2N(C)C(=O)NC3)cc1. The normalized spacial score (nSPS) is 14.2. The van der Waals surface area contributed by atoms with Crippen LogP contribution in [0.2, 0.25) is 0 Å². The summed E-state index contributed by atoms with van der Waals surface area (Å²) in [7, 11) is -2.10. The molecule has 0 saturated heterocycles. The number of benzene rings is 2. The zero-order valence-corrected chi connectivity index (χ0v) is 13.6. The molecular weight excluding hydrogens is 314 g/mol. The molecule has 0 aliphatic carbocycles. The van der Waals surface area contributed by atoms with E-state index in [0.29, 0.717) is 17.9 Å². The van der Waals surface area contributed by atoms with Crippen molar-refractivity contribution in [1.29, 1.82) is 0 Å². The van der Waals surface area contributed by atoms with Gasteiger partial charge in [0.1, 0.15) is 0 Å². The van der Waals surface area contributed by atoms with Gasteiger partial charge in [0.25, 0.3) is 10.0 Å². The number of para-hydroxylation sites is 1. The Morgan fingerprint density at radius 3 is 2.52 bits per heavy atom. The zero-order valence-electron chi connectivity index (χ0n) is 12.8. The molecule has 23 heavy (non-hydrogen) atoms. The van der Waals surface area contributed by atoms with Crippen LogP contribution in [-0.4, -0.2) is 21.5 Å². The summed E-state index contributed by atoms with van der Waals surface area (Å²) in [6, 6.07) is 11.6. The number of anilines is 2. The molecule has 1 heterocycles. The minimum absolute atomic E-state index is 0.184. The molecule has 3 rings (SSSR count). The van der Waals surface area contributed by atoms with Crippen molar-refractivity contribution in [3.8, 4) is 0 Å². The average molecular weight is 331 g/mol. The summed E-state index contributed by atoms with van der Waals surface area (Å²) < 4.78 is 27.7. The van der Waals surface area contributed by atoms with Crippen LogP contribution in [-0.2, 0) is 16.6 Å². The number of hydrogen-bond acceptors (Lipinski definition) is 3. The molecule has 0 atom stereocenters. The lowest BCUT2D eigenvalue weighted by Gasteiger charge is -2.29. The maximum absolute atomic E-state index is 12.6. The van der Waals surface area contributed by atoms with Gasteiger partial charge in [-0.05, 0) is 30.7 Å². The summed E-state index contributed by atoms with van der Waals surface area (Å²) in [4.78, 5) is 13.4. The van der Waals surface area contributed by atoms with E-state index in [1.165, 1.54) is 4.90 Å². The lowest BCUT2D eigenvalue weighted by atomic mass is 10.1. The van der Waals surface area contributed by atoms with Gasteiger partial charge < -0.3 is 5.32 Å². The van der Waals surface area contributed by atoms with E-state index in [0.717, 1.165) is 11.1 Å². The second-order valence-corrected chi connectivity index (χ2v) is 7.13. The largest absolute Gasteiger partial charge is 0.334 e. The third-order valence-corrected chi connectivity index (χ3v) is 5.15. The van der Waals surface area contributed by atoms with E-state index in [1.807, 2.05) is 13.0 Å². The van der Waals surface area contributed by atoms with E-state index < -0.39 is 10.0 Å². The van der Waals surface area contributed by atoms with Gasteiger partial charge in [0.15, 0.2) is 0 Å². The van der Waals surface area contributed by atoms with Crippen LogP contribution in [0, 0.1) is 6.92 Å². The molecule has 2 N–H and O–H groups in total. The third-order valence-electron chi connectivity index (χ3n) is 3.77. The van der Waals surface area contributed by atoms with Crippen LogP contribution < -0.4 is 14.9 Å². The number of urea groups is 1. The molecule has 0 bridgehead atoms. The van der Waals surface area contributed by atoms with E-state index in [-0.39, 0.29) is 10.9 Å². The Kier molecular flexibility index (Phi) is 3.73. The fraction of sp³-hybridized carbons (Fsp3) is 0.188. The zero-order chi connectivity index (χ0) is 16.6. The average Bonchev–Trinajstić information content (AvgIpc) is 2.51. The molecule has 0 unspecified atom stereocenters. The Balaban J connectivity index is 2.01. The lowest BCUT2D eigenvalue weighted by molar-refractivity contribution is 0.246. The first kappa shape index (κ1) is 15.4. The molecule has 0 radical (unpaired) electrons. The summed E-state index contributed by atoms with van der Waals surface area (Å²) in [5.41, 5.74) is 2.81. The Hall–Kier alpha value is -2.54. The molecule has 2 amide bonds. The van der Waals surface area contributed by atoms with E-state index in [1.54, 1.807) is 43.4 Å². The van der Waals surface area contributed by atoms with E-state index in [4.69, 9.17) is 0 Å². The van der Waals surface area contributed by atoms with Crippen molar-refractivity contribution < 1.29 is 13.2 Å². The smallest absolute Gasteiger partial charge is 0.321 e. The third kappa shape index (κ3) is 2.87. The van der Waals surface area contributed by atoms with Crippen LogP contribution in [0.25, 0.3) is 0 Å². The topological polar surface area (TPSA) is 78.5 Å². The van der Waals surface area contributed by atoms with Crippen molar-refractivity contribution in [3.05, 3.63) is 53.6 Å². The van der Waals surface area contributed by atoms with Gasteiger partial charge in [-0.1, -0.05) is 29.8 Å². The first-order valence-electron chi connectivity index (χ1n) is 7.11. The Morgan fingerprint density at radius 2 is 1.83 bits per heavy atom. The highest BCUT2D eigenvalue weighted by atomic mass is 32.2. The molecule has 120 valence electrons. The van der Waals surface area contributed by atoms with Gasteiger partial charge in [0.05, 0.1) is 16.3 Å². The number of hydrogen-bond donors (Lipinski definition) is 2. The number of rotatable bonds is 3. The van der Waals surface area contributed by atoms with E-state index in [2.05, 4.69) is 10.0 Å². The molecular formula is C16H17N3O3S. The van der Waals surface area contributed by atoms with Gasteiger partial charge >= 0.3 is 6.03 Å². The summed E-state index contributed by atoms with van der Waals surface area (Å²) in [6.07, 6.45) is 0. The Labute approximate surface area is 135 Å². The second-order valence-electron chi connectivity index (χ2n) is 5.45. The molecule has 6 nitrogen and oxygen atoms in total. The van der Waals surface area contributed by atoms with E-state index in [9.17, 15) is 13.2 Å². The molecule has 0 fully saturated rings. The molecule has 2 aromatic carbocycles. The molecule has 0 spiro atoms. The maximum Gasteiger partial charge on any atom is 0.321 e. The number of nitrogens with one attached hydrogen (secondary N) is 2. The van der Waals surface area contributed by atoms with Crippen molar-refractivity contribution in [3.63, 3.8) is 0 Å². The van der Waals surface area contributed by atoms with Crippen molar-refractivity contribution in [1.82, 2.24) is 5.32 Å². The van der Waals surface area contributed by atoms with Crippen molar-refractivity contribution in [2.45, 2.75) is 18.4 Å². The van der Waals surface area contributed by atoms with Crippen LogP contribution >= 0.6 is 0 Å². The molecule has 2 aromatic rings. The molecule has 0 saturated carbocycles. The highest BCUT2D eigenvalue weighted by Crippen LogP contribution is 2.33. The molecule has 1 aliphatic heterocycles. The predicted octanol–water partition coefficient (Wildman–Crippen LogP) is 2.46. The van der Waals surface area contributed by atoms with E-state index >= 15 is 0 Å². The van der Waals surface area contributed by atoms with Gasteiger partial charge in [-0.3, -0.25) is 9.62 Å². The monoisotopic (exact) mass is 331 g/mol. The summed E-state index contributed by atoms with van der Waals surface area (Å²) in [6.45, 7) is 2.27. The summed E-state index contributed by atoms with van der Waals surface area (Å²) >= 11 is 0. The minimum Gasteiger partial charge on any atom is -0.334 e. The Bertz CT molecular complexity index is 861. The maximum atomic E-state index is 12.6. The first-order valence-corrected chi connectivity index (χ1v) is 8.60. The Morgan fingerprint density at radius 1 is 1.13 bits per heavy atom. The number of carbonyl (C=O) groups excluding carboxylic acids is 1. The van der Waals surface area contributed by atoms with Crippen LogP contribution in [0.5, 0.6) is 0 Å². The number of fused-ring (bicyclic) bond motifs is 1. The molecule has 1 aliphatic rings. The number of amides is 2. The fourth-order valence-corrected chi connectivity index (χ4v) is 3.59. The van der Waals surface area contributed by atoms with Crippen LogP contribution in [0.4, 0.5) is 16.2 Å². The number of aryl methyl sites for hydroxylation is 1. The van der Waals surface area contributed by atoms with Crippen molar-refractivity contribution >= 4 is 27.4 Å². The van der Waals surface area contributed by atoms with Gasteiger partial charge in [0.2, 0.25) is 0 Å². The van der Waals surface area contributed by atoms with Gasteiger partial charge in [-0.25, -0.2) is 13.2 Å². The summed E-state index contributed by atoms with van der Waals surface area (Å²) in [5.74, 6) is 0. The minimum atomic E-state index is -3.71. The highest BCUT2D eigenvalue weighted by Gasteiger charge is 2.25. The van der Waals surface area contributed by atoms with Crippen LogP contribution in [0.1, 0.15) is 11.1 Å². The number of sulfonamides is 1. The lowest BCUT2D eigenvalue weighted by Crippen LogP contribution is -2.42. The molecule has 0 aromatic heterocycles. The number of nitrogens with zero attached hydrogens (tertiary/aromatic N) is 1. The second kappa shape index (κ2) is 5.58. The van der Waals surface area contributed by atoms with Crippen LogP contribution in [0.15, 0.2) is 47.4 Å². The first-order chi connectivity index (χ1) is 10.9.